The van der Waals surface area contributed by atoms with Crippen LogP contribution in [0, 0.1) is 0 Å². The Hall–Kier alpha value is -1.71. The van der Waals surface area contributed by atoms with Gasteiger partial charge in [-0.15, -0.1) is 0 Å². The van der Waals surface area contributed by atoms with Crippen molar-refractivity contribution < 1.29 is 34.8 Å². The number of aliphatic carboxylic acids is 2. The summed E-state index contributed by atoms with van der Waals surface area (Å²) in [4.78, 5) is 33.9. The highest BCUT2D eigenvalue weighted by molar-refractivity contribution is 5.88. The van der Waals surface area contributed by atoms with Crippen molar-refractivity contribution in [3.05, 3.63) is 0 Å². The number of rotatable bonds is 16. The van der Waals surface area contributed by atoms with Crippen molar-refractivity contribution in [2.24, 2.45) is 0 Å². The maximum atomic E-state index is 11.2. The third-order valence-corrected chi connectivity index (χ3v) is 5.10. The van der Waals surface area contributed by atoms with E-state index in [9.17, 15) is 14.4 Å². The lowest BCUT2D eigenvalue weighted by molar-refractivity contribution is -0.141. The molecule has 2 atom stereocenters. The van der Waals surface area contributed by atoms with E-state index < -0.39 is 24.0 Å². The highest BCUT2D eigenvalue weighted by Gasteiger charge is 2.40. The first kappa shape index (κ1) is 28.3. The molecule has 0 saturated carbocycles. The van der Waals surface area contributed by atoms with Crippen LogP contribution in [0.3, 0.4) is 0 Å². The van der Waals surface area contributed by atoms with E-state index >= 15 is 0 Å². The Morgan fingerprint density at radius 3 is 1.87 bits per heavy atom. The minimum atomic E-state index is -1.10. The molecule has 0 aliphatic carbocycles. The number of aliphatic hydroxyl groups is 2. The predicted molar refractivity (Wildman–Crippen MR) is 113 cm³/mol. The van der Waals surface area contributed by atoms with Gasteiger partial charge in [0.05, 0.1) is 13.2 Å². The lowest BCUT2D eigenvalue weighted by Crippen LogP contribution is -2.49. The van der Waals surface area contributed by atoms with Crippen LogP contribution >= 0.6 is 0 Å². The molecule has 0 aromatic heterocycles. The van der Waals surface area contributed by atoms with Gasteiger partial charge in [0.15, 0.2) is 0 Å². The van der Waals surface area contributed by atoms with Crippen LogP contribution in [0.25, 0.3) is 0 Å². The molecule has 1 fully saturated rings. The Balaban J connectivity index is 0.000000567. The number of hydrogen-bond acceptors (Lipinski definition) is 6. The van der Waals surface area contributed by atoms with Crippen molar-refractivity contribution in [1.82, 2.24) is 10.2 Å². The molecular formula is C21H40N2O7. The quantitative estimate of drug-likeness (QED) is 0.231. The summed E-state index contributed by atoms with van der Waals surface area (Å²) < 4.78 is 0. The molecule has 0 aromatic rings. The van der Waals surface area contributed by atoms with Gasteiger partial charge in [-0.1, -0.05) is 58.3 Å². The predicted octanol–water partition coefficient (Wildman–Crippen LogP) is 1.61. The molecular weight excluding hydrogens is 392 g/mol. The average molecular weight is 433 g/mol. The maximum absolute atomic E-state index is 11.2. The van der Waals surface area contributed by atoms with Crippen molar-refractivity contribution in [3.63, 3.8) is 0 Å². The first-order valence-electron chi connectivity index (χ1n) is 11.1. The Labute approximate surface area is 179 Å². The normalized spacial score (nSPS) is 18.1. The molecule has 1 unspecified atom stereocenters. The number of nitrogens with one attached hydrogen (secondary N) is 1. The molecule has 9 nitrogen and oxygen atoms in total. The summed E-state index contributed by atoms with van der Waals surface area (Å²) in [6.07, 6.45) is 11.6. The number of nitrogens with zero attached hydrogens (tertiary/aromatic N) is 1. The van der Waals surface area contributed by atoms with E-state index in [2.05, 4.69) is 12.2 Å². The fourth-order valence-corrected chi connectivity index (χ4v) is 3.49. The summed E-state index contributed by atoms with van der Waals surface area (Å²) in [7, 11) is 0. The number of aliphatic hydroxyl groups excluding tert-OH is 2. The summed E-state index contributed by atoms with van der Waals surface area (Å²) in [6.45, 7) is 2.42. The minimum Gasteiger partial charge on any atom is -0.481 e. The highest BCUT2D eigenvalue weighted by atomic mass is 16.4. The Kier molecular flexibility index (Phi) is 17.1. The van der Waals surface area contributed by atoms with Gasteiger partial charge in [0.1, 0.15) is 6.04 Å². The number of carbonyl (C=O) groups excluding carboxylic acids is 1. The second-order valence-corrected chi connectivity index (χ2v) is 7.61. The molecule has 0 radical (unpaired) electrons. The molecule has 1 heterocycles. The van der Waals surface area contributed by atoms with Crippen LogP contribution in [0.1, 0.15) is 77.6 Å². The topological polar surface area (TPSA) is 147 Å². The van der Waals surface area contributed by atoms with Gasteiger partial charge >= 0.3 is 11.9 Å². The van der Waals surface area contributed by atoms with Gasteiger partial charge in [0, 0.05) is 32.0 Å². The Bertz CT molecular complexity index is 482. The maximum Gasteiger partial charge on any atom is 0.327 e. The van der Waals surface area contributed by atoms with Crippen molar-refractivity contribution >= 4 is 17.8 Å². The fraction of sp³-hybridized carbons (Fsp3) is 0.857. The van der Waals surface area contributed by atoms with Gasteiger partial charge in [-0.3, -0.25) is 14.5 Å². The van der Waals surface area contributed by atoms with E-state index in [0.717, 1.165) is 12.8 Å². The molecule has 9 heteroatoms. The summed E-state index contributed by atoms with van der Waals surface area (Å²) >= 11 is 0. The summed E-state index contributed by atoms with van der Waals surface area (Å²) in [5.74, 6) is -2.08. The second-order valence-electron chi connectivity index (χ2n) is 7.61. The monoisotopic (exact) mass is 432 g/mol. The van der Waals surface area contributed by atoms with Crippen LogP contribution in [0.5, 0.6) is 0 Å². The van der Waals surface area contributed by atoms with Crippen molar-refractivity contribution in [2.75, 3.05) is 26.3 Å². The molecule has 176 valence electrons. The van der Waals surface area contributed by atoms with Crippen LogP contribution in [0.15, 0.2) is 0 Å². The highest BCUT2D eigenvalue weighted by Crippen LogP contribution is 2.16. The molecule has 0 spiro atoms. The van der Waals surface area contributed by atoms with Crippen molar-refractivity contribution in [3.8, 4) is 0 Å². The molecule has 1 aliphatic rings. The summed E-state index contributed by atoms with van der Waals surface area (Å²) in [5.41, 5.74) is 0. The average Bonchev–Trinajstić information content (AvgIpc) is 3.09. The van der Waals surface area contributed by atoms with Gasteiger partial charge in [0.2, 0.25) is 5.91 Å². The minimum absolute atomic E-state index is 0.0803. The molecule has 1 rings (SSSR count). The van der Waals surface area contributed by atoms with Gasteiger partial charge < -0.3 is 25.7 Å². The van der Waals surface area contributed by atoms with Gasteiger partial charge in [-0.2, -0.15) is 0 Å². The number of carboxylic acid groups (broad SMARTS) is 2. The molecule has 1 saturated heterocycles. The standard InChI is InChI=1S/C12H24O2.C9H16N2O5/c1-2-3-4-5-6-7-8-9-10-11-12(13)14;12-3-1-11(2-4-13)6-5-7(14)10-8(6)9(15)16/h2-11H2,1H3,(H,13,14);6,8,12-13H,1-5H2,(H,10,14)(H,15,16)/t;6?,8-/m.0/s1. The number of unbranched alkanes of at least 4 members (excludes halogenated alkanes) is 8. The SMILES string of the molecule is CCCCCCCCCCCC(=O)O.O=C1CC(N(CCO)CCO)[C@@H](C(=O)O)N1. The van der Waals surface area contributed by atoms with Crippen LogP contribution in [0.4, 0.5) is 0 Å². The zero-order chi connectivity index (χ0) is 22.8. The van der Waals surface area contributed by atoms with Gasteiger partial charge in [-0.25, -0.2) is 4.79 Å². The number of amides is 1. The third-order valence-electron chi connectivity index (χ3n) is 5.10. The number of carboxylic acids is 2. The Morgan fingerprint density at radius 1 is 0.933 bits per heavy atom. The van der Waals surface area contributed by atoms with Crippen LogP contribution in [-0.2, 0) is 14.4 Å². The van der Waals surface area contributed by atoms with Gasteiger partial charge in [-0.05, 0) is 6.42 Å². The van der Waals surface area contributed by atoms with Crippen LogP contribution < -0.4 is 5.32 Å². The van der Waals surface area contributed by atoms with E-state index in [4.69, 9.17) is 20.4 Å². The van der Waals surface area contributed by atoms with E-state index in [1.165, 1.54) is 44.9 Å². The van der Waals surface area contributed by atoms with Crippen LogP contribution in [0.2, 0.25) is 0 Å². The van der Waals surface area contributed by atoms with Crippen molar-refractivity contribution in [1.29, 1.82) is 0 Å². The lowest BCUT2D eigenvalue weighted by Gasteiger charge is -2.28. The van der Waals surface area contributed by atoms with E-state index in [1.54, 1.807) is 4.90 Å². The second kappa shape index (κ2) is 18.1. The smallest absolute Gasteiger partial charge is 0.327 e. The molecule has 5 N–H and O–H groups in total. The van der Waals surface area contributed by atoms with E-state index in [1.807, 2.05) is 0 Å². The first-order valence-corrected chi connectivity index (χ1v) is 11.1. The van der Waals surface area contributed by atoms with E-state index in [-0.39, 0.29) is 38.6 Å². The zero-order valence-corrected chi connectivity index (χ0v) is 18.2. The molecule has 1 aliphatic heterocycles. The van der Waals surface area contributed by atoms with Crippen molar-refractivity contribution in [2.45, 2.75) is 89.6 Å². The Morgan fingerprint density at radius 2 is 1.43 bits per heavy atom. The number of hydrogen-bond donors (Lipinski definition) is 5. The fourth-order valence-electron chi connectivity index (χ4n) is 3.49. The third kappa shape index (κ3) is 13.5. The first-order chi connectivity index (χ1) is 14.4. The number of carbonyl (C=O) groups is 3. The van der Waals surface area contributed by atoms with Gasteiger partial charge in [0.25, 0.3) is 0 Å². The molecule has 1 amide bonds. The summed E-state index contributed by atoms with van der Waals surface area (Å²) in [5, 5.41) is 37.4. The zero-order valence-electron chi connectivity index (χ0n) is 18.2. The lowest BCUT2D eigenvalue weighted by atomic mass is 10.1. The largest absolute Gasteiger partial charge is 0.481 e. The molecule has 0 bridgehead atoms. The van der Waals surface area contributed by atoms with Crippen LogP contribution in [-0.4, -0.2) is 81.6 Å². The molecule has 30 heavy (non-hydrogen) atoms. The summed E-state index contributed by atoms with van der Waals surface area (Å²) in [6, 6.07) is -1.48. The molecule has 0 aromatic carbocycles. The van der Waals surface area contributed by atoms with E-state index in [0.29, 0.717) is 6.42 Å².